The Kier molecular flexibility index (Phi) is 5.09. The highest BCUT2D eigenvalue weighted by atomic mass is 16.5. The van der Waals surface area contributed by atoms with Gasteiger partial charge in [-0.3, -0.25) is 10.1 Å². The Labute approximate surface area is 145 Å². The molecule has 1 heterocycles. The number of ether oxygens (including phenoxy) is 1. The van der Waals surface area contributed by atoms with Crippen LogP contribution in [0.1, 0.15) is 24.5 Å². The van der Waals surface area contributed by atoms with E-state index >= 15 is 0 Å². The van der Waals surface area contributed by atoms with E-state index < -0.39 is 6.09 Å². The topological polar surface area (TPSA) is 79.8 Å². The van der Waals surface area contributed by atoms with Crippen LogP contribution in [0.25, 0.3) is 0 Å². The molecule has 1 aliphatic heterocycles. The molecule has 0 unspecified atom stereocenters. The number of amides is 2. The molecular formula is C19H19N3O3. The van der Waals surface area contributed by atoms with Crippen molar-refractivity contribution >= 4 is 23.4 Å². The van der Waals surface area contributed by atoms with E-state index in [1.165, 1.54) is 0 Å². The summed E-state index contributed by atoms with van der Waals surface area (Å²) in [6.07, 6.45) is -0.0859. The van der Waals surface area contributed by atoms with Gasteiger partial charge in [0, 0.05) is 18.0 Å². The minimum atomic E-state index is -0.507. The zero-order chi connectivity index (χ0) is 17.6. The average Bonchev–Trinajstić information content (AvgIpc) is 2.62. The predicted octanol–water partition coefficient (Wildman–Crippen LogP) is 3.30. The Hall–Kier alpha value is -3.15. The minimum Gasteiger partial charge on any atom is -0.444 e. The molecule has 0 aromatic heterocycles. The molecule has 2 amide bonds. The lowest BCUT2D eigenvalue weighted by Crippen LogP contribution is -2.31. The summed E-state index contributed by atoms with van der Waals surface area (Å²) in [5.74, 6) is -0.0147. The number of hydrazone groups is 1. The lowest BCUT2D eigenvalue weighted by Gasteiger charge is -2.19. The van der Waals surface area contributed by atoms with Gasteiger partial charge in [0.1, 0.15) is 6.61 Å². The number of benzene rings is 2. The van der Waals surface area contributed by atoms with Crippen LogP contribution in [0.2, 0.25) is 0 Å². The number of rotatable bonds is 4. The Balaban J connectivity index is 1.57. The maximum absolute atomic E-state index is 11.9. The van der Waals surface area contributed by atoms with Crippen LogP contribution in [0, 0.1) is 5.92 Å². The van der Waals surface area contributed by atoms with Crippen LogP contribution >= 0.6 is 0 Å². The molecule has 2 N–H and O–H groups in total. The molecule has 0 aliphatic carbocycles. The van der Waals surface area contributed by atoms with Gasteiger partial charge in [0.05, 0.1) is 5.71 Å². The molecule has 0 spiro atoms. The molecule has 6 nitrogen and oxygen atoms in total. The van der Waals surface area contributed by atoms with Gasteiger partial charge in [0.2, 0.25) is 5.91 Å². The molecule has 1 atom stereocenters. The molecule has 2 aromatic carbocycles. The summed E-state index contributed by atoms with van der Waals surface area (Å²) in [6.45, 7) is 2.18. The van der Waals surface area contributed by atoms with Crippen LogP contribution in [-0.2, 0) is 16.1 Å². The van der Waals surface area contributed by atoms with Gasteiger partial charge in [0.25, 0.3) is 0 Å². The molecule has 6 heteroatoms. The standard InChI is InChI=1S/C19H19N3O3/c1-13-11-17(23)21-22-18(13)15-7-9-16(10-8-15)20-19(24)25-12-14-5-3-2-4-6-14/h2-10,13H,11-12H2,1H3,(H,20,24)(H,21,23)/t13-/m1/s1. The fourth-order valence-corrected chi connectivity index (χ4v) is 2.60. The van der Waals surface area contributed by atoms with Crippen LogP contribution in [0.3, 0.4) is 0 Å². The highest BCUT2D eigenvalue weighted by Crippen LogP contribution is 2.18. The normalized spacial score (nSPS) is 16.6. The summed E-state index contributed by atoms with van der Waals surface area (Å²) in [7, 11) is 0. The molecule has 128 valence electrons. The summed E-state index contributed by atoms with van der Waals surface area (Å²) in [5.41, 5.74) is 5.81. The molecule has 3 rings (SSSR count). The second-order valence-electron chi connectivity index (χ2n) is 5.90. The summed E-state index contributed by atoms with van der Waals surface area (Å²) < 4.78 is 5.19. The van der Waals surface area contributed by atoms with Crippen LogP contribution in [0.15, 0.2) is 59.7 Å². The fraction of sp³-hybridized carbons (Fsp3) is 0.211. The van der Waals surface area contributed by atoms with E-state index in [0.717, 1.165) is 16.8 Å². The second kappa shape index (κ2) is 7.61. The van der Waals surface area contributed by atoms with Crippen molar-refractivity contribution in [3.63, 3.8) is 0 Å². The molecule has 0 saturated heterocycles. The quantitative estimate of drug-likeness (QED) is 0.898. The first-order valence-corrected chi connectivity index (χ1v) is 8.06. The van der Waals surface area contributed by atoms with E-state index in [1.54, 1.807) is 12.1 Å². The zero-order valence-corrected chi connectivity index (χ0v) is 13.9. The van der Waals surface area contributed by atoms with Crippen LogP contribution in [0.5, 0.6) is 0 Å². The van der Waals surface area contributed by atoms with Crippen LogP contribution < -0.4 is 10.7 Å². The van der Waals surface area contributed by atoms with Crippen molar-refractivity contribution in [2.75, 3.05) is 5.32 Å². The number of hydrogen-bond donors (Lipinski definition) is 2. The Morgan fingerprint density at radius 2 is 1.92 bits per heavy atom. The van der Waals surface area contributed by atoms with Gasteiger partial charge >= 0.3 is 6.09 Å². The first-order valence-electron chi connectivity index (χ1n) is 8.06. The van der Waals surface area contributed by atoms with Crippen LogP contribution in [0.4, 0.5) is 10.5 Å². The van der Waals surface area contributed by atoms with Gasteiger partial charge in [-0.05, 0) is 23.3 Å². The number of anilines is 1. The SMILES string of the molecule is C[C@@H]1CC(=O)NN=C1c1ccc(NC(=O)OCc2ccccc2)cc1. The molecule has 0 saturated carbocycles. The molecule has 0 fully saturated rings. The summed E-state index contributed by atoms with van der Waals surface area (Å²) in [4.78, 5) is 23.2. The Morgan fingerprint density at radius 3 is 2.60 bits per heavy atom. The maximum atomic E-state index is 11.9. The smallest absolute Gasteiger partial charge is 0.411 e. The molecule has 0 bridgehead atoms. The van der Waals surface area contributed by atoms with E-state index in [4.69, 9.17) is 4.74 Å². The monoisotopic (exact) mass is 337 g/mol. The van der Waals surface area contributed by atoms with Crippen molar-refractivity contribution < 1.29 is 14.3 Å². The van der Waals surface area contributed by atoms with Crippen molar-refractivity contribution in [2.45, 2.75) is 20.0 Å². The van der Waals surface area contributed by atoms with E-state index in [1.807, 2.05) is 49.4 Å². The van der Waals surface area contributed by atoms with Crippen molar-refractivity contribution in [2.24, 2.45) is 11.0 Å². The van der Waals surface area contributed by atoms with Gasteiger partial charge in [-0.2, -0.15) is 5.10 Å². The third-order valence-electron chi connectivity index (χ3n) is 3.90. The van der Waals surface area contributed by atoms with Gasteiger partial charge in [-0.1, -0.05) is 49.4 Å². The fourth-order valence-electron chi connectivity index (χ4n) is 2.60. The second-order valence-corrected chi connectivity index (χ2v) is 5.90. The number of carbonyl (C=O) groups is 2. The molecule has 1 aliphatic rings. The molecule has 2 aromatic rings. The maximum Gasteiger partial charge on any atom is 0.411 e. The lowest BCUT2D eigenvalue weighted by molar-refractivity contribution is -0.121. The van der Waals surface area contributed by atoms with Crippen LogP contribution in [-0.4, -0.2) is 17.7 Å². The lowest BCUT2D eigenvalue weighted by atomic mass is 9.94. The van der Waals surface area contributed by atoms with Gasteiger partial charge in [0.15, 0.2) is 0 Å². The molecule has 25 heavy (non-hydrogen) atoms. The summed E-state index contributed by atoms with van der Waals surface area (Å²) in [5, 5.41) is 6.81. The third kappa shape index (κ3) is 4.44. The Morgan fingerprint density at radius 1 is 1.20 bits per heavy atom. The minimum absolute atomic E-state index is 0.0587. The average molecular weight is 337 g/mol. The molecule has 0 radical (unpaired) electrons. The van der Waals surface area contributed by atoms with Gasteiger partial charge in [-0.25, -0.2) is 10.2 Å². The third-order valence-corrected chi connectivity index (χ3v) is 3.90. The predicted molar refractivity (Wildman–Crippen MR) is 95.2 cm³/mol. The van der Waals surface area contributed by atoms with E-state index in [9.17, 15) is 9.59 Å². The largest absolute Gasteiger partial charge is 0.444 e. The summed E-state index contributed by atoms with van der Waals surface area (Å²) in [6, 6.07) is 16.8. The van der Waals surface area contributed by atoms with Crippen molar-refractivity contribution in [3.8, 4) is 0 Å². The van der Waals surface area contributed by atoms with Gasteiger partial charge in [-0.15, -0.1) is 0 Å². The number of hydrogen-bond acceptors (Lipinski definition) is 4. The highest BCUT2D eigenvalue weighted by Gasteiger charge is 2.21. The van der Waals surface area contributed by atoms with E-state index in [2.05, 4.69) is 15.8 Å². The van der Waals surface area contributed by atoms with Crippen molar-refractivity contribution in [1.82, 2.24) is 5.43 Å². The number of nitrogens with zero attached hydrogens (tertiary/aromatic N) is 1. The first kappa shape index (κ1) is 16.7. The van der Waals surface area contributed by atoms with Crippen molar-refractivity contribution in [3.05, 3.63) is 65.7 Å². The van der Waals surface area contributed by atoms with E-state index in [0.29, 0.717) is 12.1 Å². The Bertz CT molecular complexity index is 785. The zero-order valence-electron chi connectivity index (χ0n) is 13.9. The number of carbonyl (C=O) groups excluding carboxylic acids is 2. The summed E-state index contributed by atoms with van der Waals surface area (Å²) >= 11 is 0. The molecular weight excluding hydrogens is 318 g/mol. The van der Waals surface area contributed by atoms with Gasteiger partial charge < -0.3 is 4.74 Å². The number of nitrogens with one attached hydrogen (secondary N) is 2. The van der Waals surface area contributed by atoms with Crippen molar-refractivity contribution in [1.29, 1.82) is 0 Å². The highest BCUT2D eigenvalue weighted by molar-refractivity contribution is 6.06. The van der Waals surface area contributed by atoms with E-state index in [-0.39, 0.29) is 18.4 Å². The first-order chi connectivity index (χ1) is 12.1.